The van der Waals surface area contributed by atoms with Gasteiger partial charge in [0.1, 0.15) is 0 Å². The van der Waals surface area contributed by atoms with Crippen molar-refractivity contribution in [2.24, 2.45) is 22.7 Å². The van der Waals surface area contributed by atoms with Crippen LogP contribution in [-0.4, -0.2) is 24.5 Å². The van der Waals surface area contributed by atoms with Crippen molar-refractivity contribution in [1.29, 1.82) is 0 Å². The van der Waals surface area contributed by atoms with E-state index in [1.807, 2.05) is 0 Å². The minimum atomic E-state index is -0.135. The number of amides is 1. The normalized spacial score (nSPS) is 47.3. The summed E-state index contributed by atoms with van der Waals surface area (Å²) in [5.41, 5.74) is 1.90. The lowest BCUT2D eigenvalue weighted by Crippen LogP contribution is -2.62. The molecule has 6 aliphatic rings. The molecule has 156 valence electrons. The number of carbonyl (C=O) groups is 1. The summed E-state index contributed by atoms with van der Waals surface area (Å²) < 4.78 is 0. The second kappa shape index (κ2) is 6.33. The van der Waals surface area contributed by atoms with Gasteiger partial charge in [-0.15, -0.1) is 0 Å². The molecule has 0 radical (unpaired) electrons. The van der Waals surface area contributed by atoms with Crippen LogP contribution in [0.15, 0.2) is 30.3 Å². The fourth-order valence-corrected chi connectivity index (χ4v) is 9.01. The fraction of sp³-hybridized carbons (Fsp3) is 0.731. The second-order valence-electron chi connectivity index (χ2n) is 11.8. The van der Waals surface area contributed by atoms with Crippen LogP contribution in [0, 0.1) is 22.7 Å². The van der Waals surface area contributed by atoms with Crippen LogP contribution >= 0.6 is 0 Å². The van der Waals surface area contributed by atoms with Crippen LogP contribution < -0.4 is 10.6 Å². The van der Waals surface area contributed by atoms with Crippen molar-refractivity contribution < 1.29 is 4.79 Å². The van der Waals surface area contributed by atoms with Gasteiger partial charge in [-0.3, -0.25) is 4.79 Å². The third kappa shape index (κ3) is 2.91. The summed E-state index contributed by atoms with van der Waals surface area (Å²) in [6.45, 7) is 3.35. The van der Waals surface area contributed by atoms with Crippen LogP contribution in [0.2, 0.25) is 0 Å². The maximum atomic E-state index is 13.7. The van der Waals surface area contributed by atoms with Gasteiger partial charge in [-0.05, 0) is 92.4 Å². The quantitative estimate of drug-likeness (QED) is 0.789. The molecule has 29 heavy (non-hydrogen) atoms. The minimum absolute atomic E-state index is 0.135. The first kappa shape index (κ1) is 18.4. The highest BCUT2D eigenvalue weighted by Gasteiger charge is 2.64. The standard InChI is InChI=1S/C26H36N2O/c1-24-11-18-12-25(15-24,20-5-3-2-4-6-20)17-26(13-18,16-24)23(29)27-14-19-7-8-21-9-10-22(19)28-21/h2-6,18-19,21-22,28H,7-17H2,1H3,(H,27,29)/t18?,19?,21-,22+,24?,25?,26?/m0/s1. The molecule has 1 aromatic carbocycles. The van der Waals surface area contributed by atoms with Gasteiger partial charge in [0.05, 0.1) is 5.41 Å². The van der Waals surface area contributed by atoms with Crippen molar-refractivity contribution in [2.75, 3.05) is 6.54 Å². The predicted molar refractivity (Wildman–Crippen MR) is 116 cm³/mol. The first-order valence-corrected chi connectivity index (χ1v) is 12.1. The number of benzene rings is 1. The van der Waals surface area contributed by atoms with Crippen molar-refractivity contribution in [2.45, 2.75) is 88.6 Å². The molecule has 2 saturated heterocycles. The van der Waals surface area contributed by atoms with Gasteiger partial charge in [-0.1, -0.05) is 37.3 Å². The van der Waals surface area contributed by atoms with Gasteiger partial charge in [0.2, 0.25) is 5.91 Å². The molecule has 4 aliphatic carbocycles. The molecule has 2 N–H and O–H groups in total. The van der Waals surface area contributed by atoms with Gasteiger partial charge in [0.15, 0.2) is 0 Å². The third-order valence-corrected chi connectivity index (χ3v) is 9.47. The van der Waals surface area contributed by atoms with Gasteiger partial charge in [0, 0.05) is 18.6 Å². The molecule has 7 rings (SSSR count). The molecule has 0 spiro atoms. The van der Waals surface area contributed by atoms with E-state index in [9.17, 15) is 4.79 Å². The van der Waals surface area contributed by atoms with E-state index in [1.54, 1.807) is 0 Å². The first-order chi connectivity index (χ1) is 14.0. The van der Waals surface area contributed by atoms with E-state index in [2.05, 4.69) is 47.9 Å². The zero-order valence-corrected chi connectivity index (χ0v) is 17.9. The van der Waals surface area contributed by atoms with Gasteiger partial charge < -0.3 is 10.6 Å². The van der Waals surface area contributed by atoms with Crippen molar-refractivity contribution in [3.8, 4) is 0 Å². The maximum absolute atomic E-state index is 13.7. The van der Waals surface area contributed by atoms with Crippen LogP contribution in [0.4, 0.5) is 0 Å². The highest BCUT2D eigenvalue weighted by molar-refractivity contribution is 5.83. The molecule has 2 aliphatic heterocycles. The Labute approximate surface area is 175 Å². The van der Waals surface area contributed by atoms with E-state index < -0.39 is 0 Å². The number of hydrogen-bond donors (Lipinski definition) is 2. The first-order valence-electron chi connectivity index (χ1n) is 12.1. The van der Waals surface area contributed by atoms with Gasteiger partial charge in [0.25, 0.3) is 0 Å². The monoisotopic (exact) mass is 392 g/mol. The number of hydrogen-bond acceptors (Lipinski definition) is 2. The Hall–Kier alpha value is -1.35. The summed E-state index contributed by atoms with van der Waals surface area (Å²) in [6, 6.07) is 12.5. The average Bonchev–Trinajstić information content (AvgIpc) is 3.08. The Balaban J connectivity index is 1.24. The summed E-state index contributed by atoms with van der Waals surface area (Å²) in [7, 11) is 0. The van der Waals surface area contributed by atoms with Crippen LogP contribution in [0.3, 0.4) is 0 Å². The molecule has 7 atom stereocenters. The molecular weight excluding hydrogens is 356 g/mol. The molecule has 3 heteroatoms. The zero-order chi connectivity index (χ0) is 19.7. The minimum Gasteiger partial charge on any atom is -0.355 e. The Bertz CT molecular complexity index is 808. The maximum Gasteiger partial charge on any atom is 0.226 e. The van der Waals surface area contributed by atoms with Crippen LogP contribution in [0.1, 0.15) is 76.7 Å². The van der Waals surface area contributed by atoms with Crippen LogP contribution in [0.5, 0.6) is 0 Å². The number of carbonyl (C=O) groups excluding carboxylic acids is 1. The van der Waals surface area contributed by atoms with Crippen LogP contribution in [-0.2, 0) is 10.2 Å². The summed E-state index contributed by atoms with van der Waals surface area (Å²) in [4.78, 5) is 13.7. The molecule has 0 aromatic heterocycles. The van der Waals surface area contributed by atoms with E-state index in [1.165, 1.54) is 50.5 Å². The molecule has 3 nitrogen and oxygen atoms in total. The second-order valence-corrected chi connectivity index (χ2v) is 11.8. The molecule has 6 fully saturated rings. The smallest absolute Gasteiger partial charge is 0.226 e. The molecule has 1 amide bonds. The Kier molecular flexibility index (Phi) is 4.02. The number of piperidine rings is 1. The zero-order valence-electron chi connectivity index (χ0n) is 17.9. The van der Waals surface area contributed by atoms with E-state index in [0.717, 1.165) is 31.8 Å². The van der Waals surface area contributed by atoms with E-state index in [-0.39, 0.29) is 10.8 Å². The third-order valence-electron chi connectivity index (χ3n) is 9.47. The fourth-order valence-electron chi connectivity index (χ4n) is 9.01. The molecular formula is C26H36N2O. The van der Waals surface area contributed by atoms with E-state index in [4.69, 9.17) is 0 Å². The summed E-state index contributed by atoms with van der Waals surface area (Å²) >= 11 is 0. The average molecular weight is 393 g/mol. The van der Waals surface area contributed by atoms with Gasteiger partial charge in [-0.25, -0.2) is 0 Å². The Morgan fingerprint density at radius 2 is 1.86 bits per heavy atom. The summed E-state index contributed by atoms with van der Waals surface area (Å²) in [6.07, 6.45) is 12.4. The largest absolute Gasteiger partial charge is 0.355 e. The van der Waals surface area contributed by atoms with E-state index in [0.29, 0.717) is 29.2 Å². The van der Waals surface area contributed by atoms with Crippen molar-refractivity contribution in [3.05, 3.63) is 35.9 Å². The lowest BCUT2D eigenvalue weighted by Gasteiger charge is -2.65. The molecule has 2 heterocycles. The highest BCUT2D eigenvalue weighted by Crippen LogP contribution is 2.70. The van der Waals surface area contributed by atoms with Gasteiger partial charge in [-0.2, -0.15) is 0 Å². The van der Waals surface area contributed by atoms with Gasteiger partial charge >= 0.3 is 0 Å². The number of nitrogens with one attached hydrogen (secondary N) is 2. The SMILES string of the molecule is CC12CC3CC(C(=O)NCC4CC[C@H]5CC[C@H]4N5)(C1)CC(c1ccccc1)(C3)C2. The van der Waals surface area contributed by atoms with Crippen molar-refractivity contribution in [1.82, 2.24) is 10.6 Å². The van der Waals surface area contributed by atoms with Crippen molar-refractivity contribution in [3.63, 3.8) is 0 Å². The lowest BCUT2D eigenvalue weighted by atomic mass is 9.38. The van der Waals surface area contributed by atoms with Crippen molar-refractivity contribution >= 4 is 5.91 Å². The molecule has 5 unspecified atom stereocenters. The Morgan fingerprint density at radius 1 is 1.03 bits per heavy atom. The van der Waals surface area contributed by atoms with Crippen LogP contribution in [0.25, 0.3) is 0 Å². The Morgan fingerprint density at radius 3 is 2.69 bits per heavy atom. The summed E-state index contributed by atoms with van der Waals surface area (Å²) in [5, 5.41) is 7.28. The summed E-state index contributed by atoms with van der Waals surface area (Å²) in [5.74, 6) is 1.73. The molecule has 4 saturated carbocycles. The number of fused-ring (bicyclic) bond motifs is 2. The lowest BCUT2D eigenvalue weighted by molar-refractivity contribution is -0.160. The highest BCUT2D eigenvalue weighted by atomic mass is 16.2. The van der Waals surface area contributed by atoms with E-state index >= 15 is 0 Å². The topological polar surface area (TPSA) is 41.1 Å². The number of rotatable bonds is 4. The molecule has 1 aromatic rings. The predicted octanol–water partition coefficient (Wildman–Crippen LogP) is 4.56. The molecule has 6 bridgehead atoms.